The summed E-state index contributed by atoms with van der Waals surface area (Å²) in [6.45, 7) is 2.34. The Balaban J connectivity index is 0.00000128. The highest BCUT2D eigenvalue weighted by Gasteiger charge is 2.23. The van der Waals surface area contributed by atoms with Gasteiger partial charge in [0.1, 0.15) is 0 Å². The van der Waals surface area contributed by atoms with E-state index in [9.17, 15) is 0 Å². The molecule has 0 spiro atoms. The summed E-state index contributed by atoms with van der Waals surface area (Å²) in [6, 6.07) is 4.24. The zero-order chi connectivity index (χ0) is 10.7. The van der Waals surface area contributed by atoms with Crippen molar-refractivity contribution in [3.05, 3.63) is 30.1 Å². The maximum Gasteiger partial charge on any atom is 0.0325 e. The summed E-state index contributed by atoms with van der Waals surface area (Å²) < 4.78 is 0. The maximum absolute atomic E-state index is 6.27. The predicted octanol–water partition coefficient (Wildman–Crippen LogP) is 1.84. The van der Waals surface area contributed by atoms with Crippen LogP contribution in [0.4, 0.5) is 0 Å². The van der Waals surface area contributed by atoms with Crippen molar-refractivity contribution in [1.29, 1.82) is 0 Å². The summed E-state index contributed by atoms with van der Waals surface area (Å²) >= 11 is 0. The molecular formula is C12H20ClN3. The Morgan fingerprint density at radius 3 is 2.44 bits per heavy atom. The molecule has 2 N–H and O–H groups in total. The molecule has 3 nitrogen and oxygen atoms in total. The molecular weight excluding hydrogens is 222 g/mol. The lowest BCUT2D eigenvalue weighted by Crippen LogP contribution is -2.35. The minimum absolute atomic E-state index is 0. The average molecular weight is 242 g/mol. The largest absolute Gasteiger partial charge is 0.324 e. The highest BCUT2D eigenvalue weighted by Crippen LogP contribution is 2.27. The van der Waals surface area contributed by atoms with E-state index in [0.717, 1.165) is 0 Å². The lowest BCUT2D eigenvalue weighted by atomic mass is 9.86. The van der Waals surface area contributed by atoms with Gasteiger partial charge in [-0.3, -0.25) is 4.98 Å². The van der Waals surface area contributed by atoms with Crippen LogP contribution in [0.15, 0.2) is 24.5 Å². The van der Waals surface area contributed by atoms with Crippen molar-refractivity contribution in [2.24, 2.45) is 11.7 Å². The second-order valence-electron chi connectivity index (χ2n) is 4.45. The van der Waals surface area contributed by atoms with Gasteiger partial charge in [-0.25, -0.2) is 0 Å². The SMILES string of the molecule is CN1CCC(C(N)c2ccncc2)CC1.Cl. The fourth-order valence-electron chi connectivity index (χ4n) is 2.25. The fourth-order valence-corrected chi connectivity index (χ4v) is 2.25. The van der Waals surface area contributed by atoms with Gasteiger partial charge in [0, 0.05) is 18.4 Å². The van der Waals surface area contributed by atoms with Crippen LogP contribution < -0.4 is 5.73 Å². The van der Waals surface area contributed by atoms with E-state index in [-0.39, 0.29) is 18.4 Å². The Morgan fingerprint density at radius 1 is 1.31 bits per heavy atom. The maximum atomic E-state index is 6.27. The van der Waals surface area contributed by atoms with E-state index >= 15 is 0 Å². The van der Waals surface area contributed by atoms with Crippen LogP contribution in [0.25, 0.3) is 0 Å². The van der Waals surface area contributed by atoms with Gasteiger partial charge in [0.05, 0.1) is 0 Å². The number of pyridine rings is 1. The Kier molecular flexibility index (Phi) is 5.19. The van der Waals surface area contributed by atoms with Crippen molar-refractivity contribution in [2.45, 2.75) is 18.9 Å². The van der Waals surface area contributed by atoms with Crippen molar-refractivity contribution in [2.75, 3.05) is 20.1 Å². The summed E-state index contributed by atoms with van der Waals surface area (Å²) in [4.78, 5) is 6.39. The minimum atomic E-state index is 0. The number of piperidine rings is 1. The molecule has 0 amide bonds. The number of nitrogens with two attached hydrogens (primary N) is 1. The van der Waals surface area contributed by atoms with Gasteiger partial charge in [0.15, 0.2) is 0 Å². The molecule has 1 saturated heterocycles. The molecule has 90 valence electrons. The first kappa shape index (κ1) is 13.4. The molecule has 2 rings (SSSR count). The fraction of sp³-hybridized carbons (Fsp3) is 0.583. The summed E-state index contributed by atoms with van der Waals surface area (Å²) in [5, 5.41) is 0. The molecule has 4 heteroatoms. The van der Waals surface area contributed by atoms with E-state index in [0.29, 0.717) is 5.92 Å². The molecule has 0 saturated carbocycles. The van der Waals surface area contributed by atoms with Gasteiger partial charge < -0.3 is 10.6 Å². The van der Waals surface area contributed by atoms with Crippen LogP contribution >= 0.6 is 12.4 Å². The van der Waals surface area contributed by atoms with Gasteiger partial charge in [-0.05, 0) is 56.6 Å². The normalized spacial score (nSPS) is 20.1. The number of hydrogen-bond acceptors (Lipinski definition) is 3. The Hall–Kier alpha value is -0.640. The van der Waals surface area contributed by atoms with Crippen LogP contribution in [0, 0.1) is 5.92 Å². The van der Waals surface area contributed by atoms with Crippen LogP contribution in [0.3, 0.4) is 0 Å². The standard InChI is InChI=1S/C12H19N3.ClH/c1-15-8-4-11(5-9-15)12(13)10-2-6-14-7-3-10;/h2-3,6-7,11-12H,4-5,8-9,13H2,1H3;1H. The van der Waals surface area contributed by atoms with Gasteiger partial charge in [-0.1, -0.05) is 0 Å². The minimum Gasteiger partial charge on any atom is -0.324 e. The third-order valence-electron chi connectivity index (χ3n) is 3.36. The van der Waals surface area contributed by atoms with Crippen LogP contribution in [-0.4, -0.2) is 30.0 Å². The summed E-state index contributed by atoms with van der Waals surface area (Å²) in [6.07, 6.45) is 6.06. The third kappa shape index (κ3) is 3.17. The monoisotopic (exact) mass is 241 g/mol. The molecule has 0 radical (unpaired) electrons. The van der Waals surface area contributed by atoms with E-state index in [2.05, 4.69) is 16.9 Å². The Morgan fingerprint density at radius 2 is 1.88 bits per heavy atom. The second-order valence-corrected chi connectivity index (χ2v) is 4.45. The van der Waals surface area contributed by atoms with Gasteiger partial charge in [0.2, 0.25) is 0 Å². The highest BCUT2D eigenvalue weighted by atomic mass is 35.5. The molecule has 0 aromatic carbocycles. The van der Waals surface area contributed by atoms with Crippen molar-refractivity contribution in [3.8, 4) is 0 Å². The zero-order valence-electron chi connectivity index (χ0n) is 9.67. The summed E-state index contributed by atoms with van der Waals surface area (Å²) in [5.41, 5.74) is 7.49. The van der Waals surface area contributed by atoms with E-state index in [4.69, 9.17) is 5.73 Å². The molecule has 0 aliphatic carbocycles. The molecule has 0 bridgehead atoms. The van der Waals surface area contributed by atoms with Gasteiger partial charge in [0.25, 0.3) is 0 Å². The molecule has 16 heavy (non-hydrogen) atoms. The molecule has 1 unspecified atom stereocenters. The van der Waals surface area contributed by atoms with Gasteiger partial charge in [-0.15, -0.1) is 12.4 Å². The smallest absolute Gasteiger partial charge is 0.0325 e. The van der Waals surface area contributed by atoms with Gasteiger partial charge in [-0.2, -0.15) is 0 Å². The Bertz CT molecular complexity index is 296. The van der Waals surface area contributed by atoms with E-state index in [1.165, 1.54) is 31.5 Å². The lowest BCUT2D eigenvalue weighted by molar-refractivity contribution is 0.199. The Labute approximate surface area is 103 Å². The number of rotatable bonds is 2. The van der Waals surface area contributed by atoms with Crippen molar-refractivity contribution in [3.63, 3.8) is 0 Å². The third-order valence-corrected chi connectivity index (χ3v) is 3.36. The average Bonchev–Trinajstić information content (AvgIpc) is 2.30. The van der Waals surface area contributed by atoms with Crippen LogP contribution in [0.1, 0.15) is 24.4 Å². The molecule has 1 atom stereocenters. The lowest BCUT2D eigenvalue weighted by Gasteiger charge is -2.32. The first-order valence-electron chi connectivity index (χ1n) is 5.61. The second kappa shape index (κ2) is 6.18. The van der Waals surface area contributed by atoms with E-state index in [1.807, 2.05) is 24.5 Å². The zero-order valence-corrected chi connectivity index (χ0v) is 10.5. The molecule has 2 heterocycles. The van der Waals surface area contributed by atoms with Crippen molar-refractivity contribution in [1.82, 2.24) is 9.88 Å². The van der Waals surface area contributed by atoms with Crippen LogP contribution in [0.2, 0.25) is 0 Å². The van der Waals surface area contributed by atoms with Crippen LogP contribution in [-0.2, 0) is 0 Å². The summed E-state index contributed by atoms with van der Waals surface area (Å²) in [7, 11) is 2.17. The van der Waals surface area contributed by atoms with Gasteiger partial charge >= 0.3 is 0 Å². The number of hydrogen-bond donors (Lipinski definition) is 1. The van der Waals surface area contributed by atoms with Crippen molar-refractivity contribution < 1.29 is 0 Å². The molecule has 1 aromatic rings. The quantitative estimate of drug-likeness (QED) is 0.859. The number of aromatic nitrogens is 1. The first-order valence-corrected chi connectivity index (χ1v) is 5.61. The number of halogens is 1. The highest BCUT2D eigenvalue weighted by molar-refractivity contribution is 5.85. The number of likely N-dealkylation sites (tertiary alicyclic amines) is 1. The molecule has 1 fully saturated rings. The topological polar surface area (TPSA) is 42.1 Å². The number of nitrogens with zero attached hydrogens (tertiary/aromatic N) is 2. The summed E-state index contributed by atoms with van der Waals surface area (Å²) in [5.74, 6) is 0.628. The molecule has 1 aromatic heterocycles. The molecule has 1 aliphatic rings. The first-order chi connectivity index (χ1) is 7.27. The predicted molar refractivity (Wildman–Crippen MR) is 68.6 cm³/mol. The van der Waals surface area contributed by atoms with Crippen molar-refractivity contribution >= 4 is 12.4 Å². The molecule has 1 aliphatic heterocycles. The van der Waals surface area contributed by atoms with E-state index in [1.54, 1.807) is 0 Å². The van der Waals surface area contributed by atoms with Crippen LogP contribution in [0.5, 0.6) is 0 Å². The van der Waals surface area contributed by atoms with E-state index < -0.39 is 0 Å².